The summed E-state index contributed by atoms with van der Waals surface area (Å²) in [5, 5.41) is 4.60. The first-order valence-electron chi connectivity index (χ1n) is 11.2. The average Bonchev–Trinajstić information content (AvgIpc) is 3.34. The fourth-order valence-electron chi connectivity index (χ4n) is 3.82. The van der Waals surface area contributed by atoms with Crippen molar-refractivity contribution >= 4 is 38.9 Å². The molecule has 0 spiro atoms. The van der Waals surface area contributed by atoms with Gasteiger partial charge in [0.05, 0.1) is 12.1 Å². The van der Waals surface area contributed by atoms with E-state index in [2.05, 4.69) is 5.32 Å². The predicted molar refractivity (Wildman–Crippen MR) is 135 cm³/mol. The molecule has 7 nitrogen and oxygen atoms in total. The smallest absolute Gasteiger partial charge is 0.326 e. The Morgan fingerprint density at radius 1 is 0.824 bits per heavy atom. The SMILES string of the molecule is O=C(CCCCCn1c(=O)c2sccc2n(CC(=O)c2ccccc2)c1=O)Nc1ccccc1. The van der Waals surface area contributed by atoms with Crippen LogP contribution in [0, 0.1) is 0 Å². The Morgan fingerprint density at radius 3 is 2.26 bits per heavy atom. The molecule has 0 unspecified atom stereocenters. The number of para-hydroxylation sites is 1. The molecule has 1 N–H and O–H groups in total. The normalized spacial score (nSPS) is 10.9. The van der Waals surface area contributed by atoms with E-state index >= 15 is 0 Å². The molecule has 2 heterocycles. The van der Waals surface area contributed by atoms with Gasteiger partial charge < -0.3 is 5.32 Å². The third-order valence-electron chi connectivity index (χ3n) is 5.58. The molecule has 1 amide bonds. The van der Waals surface area contributed by atoms with Gasteiger partial charge in [-0.05, 0) is 36.4 Å². The van der Waals surface area contributed by atoms with Crippen molar-refractivity contribution in [2.75, 3.05) is 5.32 Å². The summed E-state index contributed by atoms with van der Waals surface area (Å²) in [6, 6.07) is 19.8. The number of amides is 1. The van der Waals surface area contributed by atoms with Gasteiger partial charge in [0.25, 0.3) is 5.56 Å². The first-order valence-corrected chi connectivity index (χ1v) is 12.1. The van der Waals surface area contributed by atoms with Crippen molar-refractivity contribution in [2.24, 2.45) is 0 Å². The molecule has 0 saturated heterocycles. The molecule has 174 valence electrons. The van der Waals surface area contributed by atoms with Gasteiger partial charge in [0.1, 0.15) is 4.70 Å². The molecule has 0 aliphatic carbocycles. The highest BCUT2D eigenvalue weighted by atomic mass is 32.1. The van der Waals surface area contributed by atoms with Crippen molar-refractivity contribution in [3.05, 3.63) is 98.5 Å². The standard InChI is InChI=1S/C26H25N3O4S/c30-22(19-10-4-1-5-11-19)18-29-21-15-17-34-24(21)25(32)28(26(29)33)16-9-3-8-14-23(31)27-20-12-6-2-7-13-20/h1-2,4-7,10-13,15,17H,3,8-9,14,16,18H2,(H,27,31). The van der Waals surface area contributed by atoms with Gasteiger partial charge in [-0.3, -0.25) is 23.5 Å². The van der Waals surface area contributed by atoms with Gasteiger partial charge in [0.15, 0.2) is 5.78 Å². The molecule has 0 atom stereocenters. The molecule has 4 aromatic rings. The largest absolute Gasteiger partial charge is 0.331 e. The minimum Gasteiger partial charge on any atom is -0.326 e. The zero-order valence-electron chi connectivity index (χ0n) is 18.6. The minimum atomic E-state index is -0.484. The van der Waals surface area contributed by atoms with E-state index in [1.165, 1.54) is 20.5 Å². The van der Waals surface area contributed by atoms with E-state index in [0.29, 0.717) is 41.5 Å². The Labute approximate surface area is 200 Å². The first-order chi connectivity index (χ1) is 16.5. The number of nitrogens with zero attached hydrogens (tertiary/aromatic N) is 2. The fraction of sp³-hybridized carbons (Fsp3) is 0.231. The summed E-state index contributed by atoms with van der Waals surface area (Å²) >= 11 is 1.27. The Balaban J connectivity index is 1.41. The zero-order valence-corrected chi connectivity index (χ0v) is 19.4. The number of thiophene rings is 1. The van der Waals surface area contributed by atoms with Gasteiger partial charge >= 0.3 is 5.69 Å². The molecule has 0 bridgehead atoms. The summed E-state index contributed by atoms with van der Waals surface area (Å²) in [5.41, 5.74) is 0.943. The number of Topliss-reactive ketones (excluding diaryl/α,β-unsaturated/α-hetero) is 1. The Hall–Kier alpha value is -3.78. The molecule has 0 aliphatic heterocycles. The minimum absolute atomic E-state index is 0.0647. The van der Waals surface area contributed by atoms with E-state index in [0.717, 1.165) is 5.69 Å². The number of nitrogens with one attached hydrogen (secondary N) is 1. The lowest BCUT2D eigenvalue weighted by Gasteiger charge is -2.12. The number of benzene rings is 2. The van der Waals surface area contributed by atoms with Crippen molar-refractivity contribution < 1.29 is 9.59 Å². The summed E-state index contributed by atoms with van der Waals surface area (Å²) < 4.78 is 3.06. The molecular weight excluding hydrogens is 450 g/mol. The van der Waals surface area contributed by atoms with E-state index in [9.17, 15) is 19.2 Å². The Kier molecular flexibility index (Phi) is 7.49. The second-order valence-electron chi connectivity index (χ2n) is 7.97. The van der Waals surface area contributed by atoms with Crippen LogP contribution in [0.3, 0.4) is 0 Å². The zero-order chi connectivity index (χ0) is 23.9. The van der Waals surface area contributed by atoms with Crippen molar-refractivity contribution in [1.29, 1.82) is 0 Å². The first kappa shape index (κ1) is 23.4. The number of carbonyl (C=O) groups is 2. The van der Waals surface area contributed by atoms with Gasteiger partial charge in [-0.2, -0.15) is 0 Å². The summed E-state index contributed by atoms with van der Waals surface area (Å²) in [4.78, 5) is 50.9. The molecule has 2 aromatic heterocycles. The van der Waals surface area contributed by atoms with Gasteiger partial charge in [-0.1, -0.05) is 55.0 Å². The number of fused-ring (bicyclic) bond motifs is 1. The number of ketones is 1. The molecule has 4 rings (SSSR count). The number of anilines is 1. The molecule has 0 fully saturated rings. The van der Waals surface area contributed by atoms with Gasteiger partial charge in [-0.15, -0.1) is 11.3 Å². The van der Waals surface area contributed by atoms with Crippen LogP contribution in [0.4, 0.5) is 5.69 Å². The van der Waals surface area contributed by atoms with Gasteiger partial charge in [0.2, 0.25) is 5.91 Å². The maximum atomic E-state index is 13.2. The second-order valence-corrected chi connectivity index (χ2v) is 8.89. The van der Waals surface area contributed by atoms with Crippen molar-refractivity contribution in [3.8, 4) is 0 Å². The fourth-order valence-corrected chi connectivity index (χ4v) is 4.66. The number of carbonyl (C=O) groups excluding carboxylic acids is 2. The highest BCUT2D eigenvalue weighted by molar-refractivity contribution is 7.17. The van der Waals surface area contributed by atoms with Crippen LogP contribution < -0.4 is 16.6 Å². The van der Waals surface area contributed by atoms with Crippen molar-refractivity contribution in [3.63, 3.8) is 0 Å². The van der Waals surface area contributed by atoms with Crippen LogP contribution in [0.25, 0.3) is 10.2 Å². The summed E-state index contributed by atoms with van der Waals surface area (Å²) in [7, 11) is 0. The molecular formula is C26H25N3O4S. The van der Waals surface area contributed by atoms with Crippen molar-refractivity contribution in [1.82, 2.24) is 9.13 Å². The van der Waals surface area contributed by atoms with Crippen LogP contribution in [0.15, 0.2) is 81.7 Å². The lowest BCUT2D eigenvalue weighted by atomic mass is 10.1. The predicted octanol–water partition coefficient (Wildman–Crippen LogP) is 4.31. The number of aromatic nitrogens is 2. The number of hydrogen-bond acceptors (Lipinski definition) is 5. The van der Waals surface area contributed by atoms with E-state index in [-0.39, 0.29) is 30.3 Å². The molecule has 8 heteroatoms. The maximum Gasteiger partial charge on any atom is 0.331 e. The van der Waals surface area contributed by atoms with E-state index in [1.807, 2.05) is 36.4 Å². The molecule has 0 saturated carbocycles. The lowest BCUT2D eigenvalue weighted by Crippen LogP contribution is -2.40. The van der Waals surface area contributed by atoms with Crippen LogP contribution in [0.2, 0.25) is 0 Å². The molecule has 34 heavy (non-hydrogen) atoms. The Bertz CT molecular complexity index is 1410. The van der Waals surface area contributed by atoms with E-state index < -0.39 is 5.69 Å². The summed E-state index contributed by atoms with van der Waals surface area (Å²) in [6.07, 6.45) is 2.29. The average molecular weight is 476 g/mol. The van der Waals surface area contributed by atoms with Crippen LogP contribution >= 0.6 is 11.3 Å². The summed E-state index contributed by atoms with van der Waals surface area (Å²) in [6.45, 7) is 0.112. The van der Waals surface area contributed by atoms with Crippen LogP contribution in [-0.2, 0) is 17.9 Å². The number of unbranched alkanes of at least 4 members (excludes halogenated alkanes) is 2. The lowest BCUT2D eigenvalue weighted by molar-refractivity contribution is -0.116. The highest BCUT2D eigenvalue weighted by Gasteiger charge is 2.17. The monoisotopic (exact) mass is 475 g/mol. The number of rotatable bonds is 10. The summed E-state index contributed by atoms with van der Waals surface area (Å²) in [5.74, 6) is -0.255. The topological polar surface area (TPSA) is 90.2 Å². The van der Waals surface area contributed by atoms with E-state index in [4.69, 9.17) is 0 Å². The quantitative estimate of drug-likeness (QED) is 0.273. The number of hydrogen-bond donors (Lipinski definition) is 1. The molecule has 2 aromatic carbocycles. The van der Waals surface area contributed by atoms with Crippen LogP contribution in [-0.4, -0.2) is 20.8 Å². The van der Waals surface area contributed by atoms with Crippen LogP contribution in [0.1, 0.15) is 36.0 Å². The van der Waals surface area contributed by atoms with Gasteiger partial charge in [0, 0.05) is 24.2 Å². The van der Waals surface area contributed by atoms with Crippen LogP contribution in [0.5, 0.6) is 0 Å². The second kappa shape index (κ2) is 10.9. The van der Waals surface area contributed by atoms with E-state index in [1.54, 1.807) is 35.7 Å². The third kappa shape index (κ3) is 5.40. The highest BCUT2D eigenvalue weighted by Crippen LogP contribution is 2.16. The molecule has 0 aliphatic rings. The Morgan fingerprint density at radius 2 is 1.53 bits per heavy atom. The molecule has 0 radical (unpaired) electrons. The van der Waals surface area contributed by atoms with Crippen molar-refractivity contribution in [2.45, 2.75) is 38.8 Å². The van der Waals surface area contributed by atoms with Gasteiger partial charge in [-0.25, -0.2) is 4.79 Å². The maximum absolute atomic E-state index is 13.2. The third-order valence-corrected chi connectivity index (χ3v) is 6.47.